The summed E-state index contributed by atoms with van der Waals surface area (Å²) in [6, 6.07) is 0. The van der Waals surface area contributed by atoms with Crippen LogP contribution in [0, 0.1) is 0 Å². The zero-order valence-electron chi connectivity index (χ0n) is 15.8. The van der Waals surface area contributed by atoms with Gasteiger partial charge in [0.15, 0.2) is 0 Å². The molecule has 0 rings (SSSR count). The third-order valence-corrected chi connectivity index (χ3v) is 4.35. The van der Waals surface area contributed by atoms with E-state index in [1.54, 1.807) is 0 Å². The van der Waals surface area contributed by atoms with Gasteiger partial charge in [0.25, 0.3) is 0 Å². The van der Waals surface area contributed by atoms with Crippen LogP contribution < -0.4 is 0 Å². The van der Waals surface area contributed by atoms with Gasteiger partial charge in [0.05, 0.1) is 13.2 Å². The Kier molecular flexibility index (Phi) is 33.0. The minimum Gasteiger partial charge on any atom is -0.326 e. The van der Waals surface area contributed by atoms with E-state index in [1.165, 1.54) is 51.4 Å². The Morgan fingerprint density at radius 3 is 1.16 bits per heavy atom. The number of hydrogen-bond acceptors (Lipinski definition) is 4. The summed E-state index contributed by atoms with van der Waals surface area (Å²) in [7, 11) is -5.36. The number of unbranched alkanes of at least 4 members (excludes halogenated alkanes) is 10. The summed E-state index contributed by atoms with van der Waals surface area (Å²) >= 11 is 0. The standard InChI is InChI=1S/2C8H19O3P.Co/c2*1-2-3-4-5-6-7-8-11-12(9)10;/h2*12H,2-8H2,1H3,(H,9,10);. The summed E-state index contributed by atoms with van der Waals surface area (Å²) in [5.41, 5.74) is 0. The maximum absolute atomic E-state index is 10.1. The van der Waals surface area contributed by atoms with Gasteiger partial charge in [-0.05, 0) is 12.8 Å². The van der Waals surface area contributed by atoms with E-state index in [0.717, 1.165) is 25.7 Å². The molecular weight excluding hydrogens is 409 g/mol. The zero-order valence-corrected chi connectivity index (χ0v) is 18.8. The van der Waals surface area contributed by atoms with E-state index < -0.39 is 16.5 Å². The summed E-state index contributed by atoms with van der Waals surface area (Å²) in [6.45, 7) is 5.23. The fourth-order valence-corrected chi connectivity index (χ4v) is 2.72. The molecule has 0 bridgehead atoms. The van der Waals surface area contributed by atoms with Gasteiger partial charge in [-0.1, -0.05) is 78.1 Å². The second kappa shape index (κ2) is 27.0. The van der Waals surface area contributed by atoms with Gasteiger partial charge >= 0.3 is 16.5 Å². The minimum absolute atomic E-state index is 0. The van der Waals surface area contributed by atoms with E-state index in [1.807, 2.05) is 0 Å². The van der Waals surface area contributed by atoms with Gasteiger partial charge in [0, 0.05) is 16.8 Å². The fraction of sp³-hybridized carbons (Fsp3) is 1.00. The second-order valence-corrected chi connectivity index (χ2v) is 7.41. The molecule has 0 spiro atoms. The maximum atomic E-state index is 10.1. The molecule has 6 nitrogen and oxygen atoms in total. The summed E-state index contributed by atoms with van der Waals surface area (Å²) < 4.78 is 29.3. The average molecular weight is 447 g/mol. The smallest absolute Gasteiger partial charge is 0.316 e. The first-order valence-electron chi connectivity index (χ1n) is 9.26. The SMILES string of the molecule is CCCCCCCCO[PH](=O)O.CCCCCCCCO[PH](=O)O.[Co]. The molecule has 0 fully saturated rings. The fourth-order valence-electron chi connectivity index (χ4n) is 2.08. The average Bonchev–Trinajstić information content (AvgIpc) is 2.53. The van der Waals surface area contributed by atoms with Crippen LogP contribution in [0.25, 0.3) is 0 Å². The van der Waals surface area contributed by atoms with Crippen LogP contribution in [-0.4, -0.2) is 23.0 Å². The predicted molar refractivity (Wildman–Crippen MR) is 101 cm³/mol. The van der Waals surface area contributed by atoms with Crippen molar-refractivity contribution in [3.63, 3.8) is 0 Å². The van der Waals surface area contributed by atoms with Crippen molar-refractivity contribution < 1.29 is 44.7 Å². The molecule has 9 heteroatoms. The normalized spacial score (nSPS) is 12.6. The van der Waals surface area contributed by atoms with Crippen LogP contribution in [0.5, 0.6) is 0 Å². The topological polar surface area (TPSA) is 93.1 Å². The third kappa shape index (κ3) is 36.5. The third-order valence-electron chi connectivity index (χ3n) is 3.45. The Morgan fingerprint density at radius 1 is 0.600 bits per heavy atom. The maximum Gasteiger partial charge on any atom is 0.316 e. The van der Waals surface area contributed by atoms with E-state index in [9.17, 15) is 9.13 Å². The monoisotopic (exact) mass is 447 g/mol. The first-order chi connectivity index (χ1) is 11.5. The van der Waals surface area contributed by atoms with Crippen LogP contribution in [-0.2, 0) is 35.0 Å². The van der Waals surface area contributed by atoms with Crippen molar-refractivity contribution in [3.8, 4) is 0 Å². The van der Waals surface area contributed by atoms with Crippen LogP contribution in [0.4, 0.5) is 0 Å². The Hall–Kier alpha value is 0.806. The molecule has 0 aromatic carbocycles. The quantitative estimate of drug-likeness (QED) is 0.240. The summed E-state index contributed by atoms with van der Waals surface area (Å²) in [5.74, 6) is 0. The van der Waals surface area contributed by atoms with Crippen LogP contribution in [0.3, 0.4) is 0 Å². The molecule has 0 saturated heterocycles. The second-order valence-electron chi connectivity index (χ2n) is 5.76. The van der Waals surface area contributed by atoms with Crippen molar-refractivity contribution >= 4 is 16.5 Å². The Bertz CT molecular complexity index is 268. The van der Waals surface area contributed by atoms with E-state index in [0.29, 0.717) is 13.2 Å². The molecule has 0 heterocycles. The van der Waals surface area contributed by atoms with Gasteiger partial charge in [-0.15, -0.1) is 0 Å². The summed E-state index contributed by atoms with van der Waals surface area (Å²) in [5, 5.41) is 0. The van der Waals surface area contributed by atoms with Gasteiger partial charge in [0.1, 0.15) is 0 Å². The van der Waals surface area contributed by atoms with Crippen molar-refractivity contribution in [2.75, 3.05) is 13.2 Å². The Balaban J connectivity index is -0.000000372. The Labute approximate surface area is 165 Å². The Morgan fingerprint density at radius 2 is 0.880 bits per heavy atom. The molecule has 0 aliphatic rings. The van der Waals surface area contributed by atoms with Gasteiger partial charge in [-0.3, -0.25) is 9.13 Å². The molecule has 2 N–H and O–H groups in total. The molecule has 157 valence electrons. The van der Waals surface area contributed by atoms with Gasteiger partial charge in [0.2, 0.25) is 0 Å². The number of rotatable bonds is 16. The van der Waals surface area contributed by atoms with E-state index >= 15 is 0 Å². The number of hydrogen-bond donors (Lipinski definition) is 2. The molecule has 25 heavy (non-hydrogen) atoms. The molecule has 1 radical (unpaired) electrons. The van der Waals surface area contributed by atoms with Crippen LogP contribution >= 0.6 is 16.5 Å². The van der Waals surface area contributed by atoms with Crippen molar-refractivity contribution in [1.82, 2.24) is 0 Å². The van der Waals surface area contributed by atoms with Crippen molar-refractivity contribution in [2.24, 2.45) is 0 Å². The molecule has 0 aromatic rings. The zero-order chi connectivity index (χ0) is 18.5. The first kappa shape index (κ1) is 30.5. The molecule has 2 atom stereocenters. The van der Waals surface area contributed by atoms with Crippen LogP contribution in [0.1, 0.15) is 90.9 Å². The summed E-state index contributed by atoms with van der Waals surface area (Å²) in [4.78, 5) is 16.6. The van der Waals surface area contributed by atoms with E-state index in [2.05, 4.69) is 22.9 Å². The molecular formula is C16H38CoO6P2. The molecule has 0 aromatic heterocycles. The molecule has 0 aliphatic carbocycles. The van der Waals surface area contributed by atoms with E-state index in [4.69, 9.17) is 9.79 Å². The minimum atomic E-state index is -2.68. The summed E-state index contributed by atoms with van der Waals surface area (Å²) in [6.07, 6.45) is 14.1. The van der Waals surface area contributed by atoms with Crippen LogP contribution in [0.15, 0.2) is 0 Å². The van der Waals surface area contributed by atoms with Gasteiger partial charge in [-0.2, -0.15) is 0 Å². The largest absolute Gasteiger partial charge is 0.326 e. The molecule has 0 aliphatic heterocycles. The van der Waals surface area contributed by atoms with Gasteiger partial charge in [-0.25, -0.2) is 0 Å². The van der Waals surface area contributed by atoms with Crippen molar-refractivity contribution in [1.29, 1.82) is 0 Å². The molecule has 0 amide bonds. The van der Waals surface area contributed by atoms with E-state index in [-0.39, 0.29) is 16.8 Å². The first-order valence-corrected chi connectivity index (χ1v) is 11.8. The van der Waals surface area contributed by atoms with Gasteiger partial charge < -0.3 is 18.8 Å². The van der Waals surface area contributed by atoms with Crippen molar-refractivity contribution in [3.05, 3.63) is 0 Å². The molecule has 2 unspecified atom stereocenters. The predicted octanol–water partition coefficient (Wildman–Crippen LogP) is 5.49. The molecule has 0 saturated carbocycles. The van der Waals surface area contributed by atoms with Crippen LogP contribution in [0.2, 0.25) is 0 Å². The van der Waals surface area contributed by atoms with Crippen molar-refractivity contribution in [2.45, 2.75) is 90.9 Å².